The topological polar surface area (TPSA) is 69.6 Å². The van der Waals surface area contributed by atoms with Gasteiger partial charge >= 0.3 is 0 Å². The Morgan fingerprint density at radius 1 is 0.521 bits per heavy atom. The number of aliphatic hydroxyl groups excluding tert-OH is 2. The van der Waals surface area contributed by atoms with Crippen LogP contribution >= 0.6 is 0 Å². The van der Waals surface area contributed by atoms with Crippen LogP contribution in [0.2, 0.25) is 0 Å². The first-order valence-electron chi connectivity index (χ1n) is 20.2. The average molecular weight is 668 g/mol. The highest BCUT2D eigenvalue weighted by molar-refractivity contribution is 5.76. The maximum Gasteiger partial charge on any atom is 0.220 e. The summed E-state index contributed by atoms with van der Waals surface area (Å²) >= 11 is 0. The predicted octanol–water partition coefficient (Wildman–Crippen LogP) is 12.3. The summed E-state index contributed by atoms with van der Waals surface area (Å²) in [7, 11) is 0. The molecule has 0 fully saturated rings. The van der Waals surface area contributed by atoms with Crippen molar-refractivity contribution in [2.75, 3.05) is 6.61 Å². The molecule has 0 spiro atoms. The van der Waals surface area contributed by atoms with E-state index in [9.17, 15) is 15.0 Å². The molecule has 0 heterocycles. The van der Waals surface area contributed by atoms with Gasteiger partial charge in [0.1, 0.15) is 0 Å². The molecule has 0 aliphatic rings. The lowest BCUT2D eigenvalue weighted by Gasteiger charge is -2.19. The SMILES string of the molecule is CC/C=C\C/C=C\C/C=C\C/C=C\CCCCCCCCC(=O)NC(CO)C(O)/C=C/CC/C=C/CCCCCCCCCCCCC. The highest BCUT2D eigenvalue weighted by atomic mass is 16.3. The van der Waals surface area contributed by atoms with Crippen molar-refractivity contribution in [1.82, 2.24) is 5.32 Å². The number of hydrogen-bond donors (Lipinski definition) is 3. The number of hydrogen-bond acceptors (Lipinski definition) is 3. The van der Waals surface area contributed by atoms with E-state index in [0.717, 1.165) is 70.6 Å². The van der Waals surface area contributed by atoms with Crippen LogP contribution in [-0.2, 0) is 4.79 Å². The molecule has 1 amide bonds. The van der Waals surface area contributed by atoms with Gasteiger partial charge in [0.2, 0.25) is 5.91 Å². The molecule has 4 nitrogen and oxygen atoms in total. The fourth-order valence-corrected chi connectivity index (χ4v) is 5.59. The van der Waals surface area contributed by atoms with Gasteiger partial charge in [0.05, 0.1) is 18.8 Å². The number of nitrogens with one attached hydrogen (secondary N) is 1. The van der Waals surface area contributed by atoms with Crippen LogP contribution in [0.3, 0.4) is 0 Å². The molecule has 0 saturated heterocycles. The van der Waals surface area contributed by atoms with Crippen molar-refractivity contribution in [1.29, 1.82) is 0 Å². The fraction of sp³-hybridized carbons (Fsp3) is 0.705. The molecule has 0 saturated carbocycles. The molecular weight excluding hydrogens is 590 g/mol. The van der Waals surface area contributed by atoms with Crippen LogP contribution in [0, 0.1) is 0 Å². The van der Waals surface area contributed by atoms with Crippen LogP contribution in [-0.4, -0.2) is 34.9 Å². The lowest BCUT2D eigenvalue weighted by molar-refractivity contribution is -0.123. The smallest absolute Gasteiger partial charge is 0.220 e. The summed E-state index contributed by atoms with van der Waals surface area (Å²) < 4.78 is 0. The summed E-state index contributed by atoms with van der Waals surface area (Å²) in [5.41, 5.74) is 0. The summed E-state index contributed by atoms with van der Waals surface area (Å²) in [6, 6.07) is -0.649. The number of carbonyl (C=O) groups excluding carboxylic acids is 1. The van der Waals surface area contributed by atoms with Crippen LogP contribution in [0.5, 0.6) is 0 Å². The number of aliphatic hydroxyl groups is 2. The molecule has 0 rings (SSSR count). The number of rotatable bonds is 35. The third-order valence-electron chi connectivity index (χ3n) is 8.67. The van der Waals surface area contributed by atoms with Crippen molar-refractivity contribution >= 4 is 5.91 Å². The molecule has 48 heavy (non-hydrogen) atoms. The van der Waals surface area contributed by atoms with Gasteiger partial charge in [-0.05, 0) is 70.6 Å². The van der Waals surface area contributed by atoms with Gasteiger partial charge in [0.25, 0.3) is 0 Å². The highest BCUT2D eigenvalue weighted by Crippen LogP contribution is 2.13. The van der Waals surface area contributed by atoms with Gasteiger partial charge in [-0.2, -0.15) is 0 Å². The third-order valence-corrected chi connectivity index (χ3v) is 8.67. The van der Waals surface area contributed by atoms with Crippen molar-refractivity contribution in [2.45, 2.75) is 193 Å². The summed E-state index contributed by atoms with van der Waals surface area (Å²) in [5.74, 6) is -0.0915. The van der Waals surface area contributed by atoms with Gasteiger partial charge in [0, 0.05) is 6.42 Å². The zero-order valence-corrected chi connectivity index (χ0v) is 31.5. The van der Waals surface area contributed by atoms with Gasteiger partial charge < -0.3 is 15.5 Å². The summed E-state index contributed by atoms with van der Waals surface area (Å²) in [6.07, 6.45) is 55.6. The molecule has 2 atom stereocenters. The molecule has 0 aromatic rings. The Labute approximate surface area is 298 Å². The first kappa shape index (κ1) is 45.8. The number of amides is 1. The lowest BCUT2D eigenvalue weighted by atomic mass is 10.1. The Balaban J connectivity index is 3.70. The Morgan fingerprint density at radius 2 is 0.938 bits per heavy atom. The van der Waals surface area contributed by atoms with Crippen LogP contribution in [0.1, 0.15) is 181 Å². The molecular formula is C44H77NO3. The highest BCUT2D eigenvalue weighted by Gasteiger charge is 2.17. The van der Waals surface area contributed by atoms with Crippen LogP contribution in [0.15, 0.2) is 72.9 Å². The molecule has 2 unspecified atom stereocenters. The molecule has 0 bridgehead atoms. The Hall–Kier alpha value is -2.17. The fourth-order valence-electron chi connectivity index (χ4n) is 5.59. The van der Waals surface area contributed by atoms with Crippen molar-refractivity contribution in [3.63, 3.8) is 0 Å². The molecule has 3 N–H and O–H groups in total. The first-order chi connectivity index (χ1) is 23.7. The van der Waals surface area contributed by atoms with Crippen molar-refractivity contribution in [3.8, 4) is 0 Å². The van der Waals surface area contributed by atoms with Gasteiger partial charge in [0.15, 0.2) is 0 Å². The van der Waals surface area contributed by atoms with Gasteiger partial charge in [-0.3, -0.25) is 4.79 Å². The molecule has 4 heteroatoms. The van der Waals surface area contributed by atoms with E-state index in [1.165, 1.54) is 89.9 Å². The first-order valence-corrected chi connectivity index (χ1v) is 20.2. The monoisotopic (exact) mass is 668 g/mol. The molecule has 0 aromatic carbocycles. The molecule has 276 valence electrons. The Kier molecular flexibility index (Phi) is 37.5. The molecule has 0 aliphatic carbocycles. The van der Waals surface area contributed by atoms with Gasteiger partial charge in [-0.15, -0.1) is 0 Å². The zero-order valence-electron chi connectivity index (χ0n) is 31.5. The minimum Gasteiger partial charge on any atom is -0.394 e. The van der Waals surface area contributed by atoms with E-state index >= 15 is 0 Å². The summed E-state index contributed by atoms with van der Waals surface area (Å²) in [4.78, 5) is 12.3. The summed E-state index contributed by atoms with van der Waals surface area (Å²) in [6.45, 7) is 4.16. The van der Waals surface area contributed by atoms with E-state index in [0.29, 0.717) is 6.42 Å². The normalized spacial score (nSPS) is 13.8. The molecule has 0 radical (unpaired) electrons. The Morgan fingerprint density at radius 3 is 1.46 bits per heavy atom. The second-order valence-electron chi connectivity index (χ2n) is 13.3. The van der Waals surface area contributed by atoms with E-state index < -0.39 is 12.1 Å². The zero-order chi connectivity index (χ0) is 35.0. The number of unbranched alkanes of at least 4 members (excludes halogenated alkanes) is 18. The third kappa shape index (κ3) is 35.1. The number of carbonyl (C=O) groups is 1. The van der Waals surface area contributed by atoms with E-state index in [4.69, 9.17) is 0 Å². The molecule has 0 aliphatic heterocycles. The van der Waals surface area contributed by atoms with Crippen molar-refractivity contribution < 1.29 is 15.0 Å². The standard InChI is InChI=1S/C44H77NO3/c1-3-5-7-9-11-13-15-17-19-21-22-24-26-28-30-32-34-36-38-40-44(48)45-42(41-46)43(47)39-37-35-33-31-29-27-25-23-20-18-16-14-12-10-8-6-4-2/h5,7,11,13,17,19,22,24,29,31,37,39,42-43,46-47H,3-4,6,8-10,12,14-16,18,20-21,23,25-28,30,32-36,38,40-41H2,1-2H3,(H,45,48)/b7-5-,13-11-,19-17-,24-22-,31-29+,39-37+. The van der Waals surface area contributed by atoms with Crippen LogP contribution in [0.25, 0.3) is 0 Å². The summed E-state index contributed by atoms with van der Waals surface area (Å²) in [5, 5.41) is 22.9. The van der Waals surface area contributed by atoms with Crippen molar-refractivity contribution in [3.05, 3.63) is 72.9 Å². The molecule has 0 aromatic heterocycles. The largest absolute Gasteiger partial charge is 0.394 e. The number of allylic oxidation sites excluding steroid dienone is 11. The minimum absolute atomic E-state index is 0.0915. The maximum absolute atomic E-state index is 12.3. The average Bonchev–Trinajstić information content (AvgIpc) is 3.09. The second-order valence-corrected chi connectivity index (χ2v) is 13.3. The Bertz CT molecular complexity index is 853. The van der Waals surface area contributed by atoms with E-state index in [1.807, 2.05) is 6.08 Å². The van der Waals surface area contributed by atoms with Crippen LogP contribution in [0.4, 0.5) is 0 Å². The lowest BCUT2D eigenvalue weighted by Crippen LogP contribution is -2.45. The van der Waals surface area contributed by atoms with Gasteiger partial charge in [-0.25, -0.2) is 0 Å². The maximum atomic E-state index is 12.3. The van der Waals surface area contributed by atoms with E-state index in [1.54, 1.807) is 6.08 Å². The minimum atomic E-state index is -0.871. The van der Waals surface area contributed by atoms with Crippen LogP contribution < -0.4 is 5.32 Å². The van der Waals surface area contributed by atoms with E-state index in [2.05, 4.69) is 79.9 Å². The second kappa shape index (κ2) is 39.3. The quantitative estimate of drug-likeness (QED) is 0.0465. The van der Waals surface area contributed by atoms with E-state index in [-0.39, 0.29) is 12.5 Å². The predicted molar refractivity (Wildman–Crippen MR) is 211 cm³/mol. The van der Waals surface area contributed by atoms with Crippen molar-refractivity contribution in [2.24, 2.45) is 0 Å². The van der Waals surface area contributed by atoms with Gasteiger partial charge in [-0.1, -0.05) is 177 Å².